The Morgan fingerprint density at radius 2 is 0.543 bits per heavy atom. The molecule has 8 aromatic carbocycles. The first-order valence-corrected chi connectivity index (χ1v) is 27.2. The summed E-state index contributed by atoms with van der Waals surface area (Å²) in [6.07, 6.45) is 1.92. The molecule has 0 atom stereocenters. The van der Waals surface area contributed by atoms with Gasteiger partial charge in [-0.3, -0.25) is 0 Å². The van der Waals surface area contributed by atoms with Crippen LogP contribution in [0.3, 0.4) is 0 Å². The smallest absolute Gasteiger partial charge is 0.119 e. The van der Waals surface area contributed by atoms with Gasteiger partial charge in [0, 0.05) is 11.9 Å². The average molecular weight is 969 g/mol. The molecule has 6 nitrogen and oxygen atoms in total. The van der Waals surface area contributed by atoms with Crippen LogP contribution in [-0.2, 0) is 21.9 Å². The van der Waals surface area contributed by atoms with Crippen molar-refractivity contribution in [1.82, 2.24) is 0 Å². The number of benzene rings is 8. The minimum atomic E-state index is -1.92. The molecule has 0 amide bonds. The second kappa shape index (κ2) is 25.7. The zero-order valence-electron chi connectivity index (χ0n) is 42.2. The van der Waals surface area contributed by atoms with E-state index in [0.29, 0.717) is 0 Å². The van der Waals surface area contributed by atoms with Gasteiger partial charge < -0.3 is 29.3 Å². The van der Waals surface area contributed by atoms with Crippen molar-refractivity contribution in [2.24, 2.45) is 0 Å². The molecule has 0 spiro atoms. The van der Waals surface area contributed by atoms with E-state index in [4.69, 9.17) is 29.3 Å². The van der Waals surface area contributed by atoms with Gasteiger partial charge in [0.2, 0.25) is 0 Å². The third kappa shape index (κ3) is 14.6. The SMILES string of the molecule is CC(=O)[O-].CC(=O)[O-].COc1cccc(C[P+](c2ccc(C)cc2)(c2ccc(C)cc2)c2ccc(C)cc2)c1.COc1cccc(C[P+](c2ccc(C)cc2)(c2ccc(C)cc2)c2ccc(C)cc2)c1. The second-order valence-corrected chi connectivity index (χ2v) is 24.6. The number of aryl methyl sites for hydroxylation is 6. The summed E-state index contributed by atoms with van der Waals surface area (Å²) in [6.45, 7) is 14.9. The van der Waals surface area contributed by atoms with Crippen molar-refractivity contribution in [3.05, 3.63) is 239 Å². The molecule has 0 saturated heterocycles. The molecule has 360 valence electrons. The van der Waals surface area contributed by atoms with Crippen molar-refractivity contribution >= 4 is 58.3 Å². The molecule has 0 aliphatic rings. The van der Waals surface area contributed by atoms with Crippen molar-refractivity contribution in [3.63, 3.8) is 0 Å². The van der Waals surface area contributed by atoms with Gasteiger partial charge in [-0.1, -0.05) is 130 Å². The number of rotatable bonds is 12. The molecule has 8 heteroatoms. The van der Waals surface area contributed by atoms with Gasteiger partial charge in [-0.05, 0) is 164 Å². The van der Waals surface area contributed by atoms with Crippen molar-refractivity contribution < 1.29 is 29.3 Å². The first-order valence-electron chi connectivity index (χ1n) is 23.3. The Morgan fingerprint density at radius 1 is 0.357 bits per heavy atom. The summed E-state index contributed by atoms with van der Waals surface area (Å²) in [5.41, 5.74) is 10.3. The summed E-state index contributed by atoms with van der Waals surface area (Å²) in [5, 5.41) is 26.2. The molecule has 8 aromatic rings. The molecule has 70 heavy (non-hydrogen) atoms. The van der Waals surface area contributed by atoms with Crippen LogP contribution in [0.4, 0.5) is 0 Å². The van der Waals surface area contributed by atoms with E-state index in [2.05, 4.69) is 224 Å². The lowest BCUT2D eigenvalue weighted by atomic mass is 10.2. The van der Waals surface area contributed by atoms with Crippen LogP contribution in [0.25, 0.3) is 0 Å². The predicted molar refractivity (Wildman–Crippen MR) is 293 cm³/mol. The molecule has 0 saturated carbocycles. The Balaban J connectivity index is 0.000000226. The maximum Gasteiger partial charge on any atom is 0.119 e. The summed E-state index contributed by atoms with van der Waals surface area (Å²) in [7, 11) is -0.366. The molecule has 0 aliphatic heterocycles. The highest BCUT2D eigenvalue weighted by Gasteiger charge is 2.47. The van der Waals surface area contributed by atoms with E-state index in [-0.39, 0.29) is 0 Å². The number of aliphatic carboxylic acids is 2. The highest BCUT2D eigenvalue weighted by molar-refractivity contribution is 7.95. The molecule has 0 bridgehead atoms. The number of carbonyl (C=O) groups is 2. The second-order valence-electron chi connectivity index (χ2n) is 17.6. The minimum absolute atomic E-state index is 0.910. The molecule has 8 rings (SSSR count). The number of carbonyl (C=O) groups excluding carboxylic acids is 2. The molecule has 0 unspecified atom stereocenters. The fourth-order valence-electron chi connectivity index (χ4n) is 8.33. The van der Waals surface area contributed by atoms with Crippen LogP contribution < -0.4 is 51.5 Å². The lowest BCUT2D eigenvalue weighted by molar-refractivity contribution is -0.303. The van der Waals surface area contributed by atoms with Gasteiger partial charge in [-0.25, -0.2) is 0 Å². The molecule has 0 N–H and O–H groups in total. The Kier molecular flexibility index (Phi) is 19.8. The standard InChI is InChI=1S/2C29H30OP.2C2H4O2/c2*1-22-8-14-27(15-9-22)31(28-16-10-23(2)11-17-28,29-18-12-24(3)13-19-29)21-25-6-5-7-26(20-25)30-4;2*1-2(3)4/h2*5-20H,21H2,1-4H3;2*1H3,(H,3,4)/q2*+1;;/p-2. The van der Waals surface area contributed by atoms with Crippen LogP contribution in [-0.4, -0.2) is 26.2 Å². The maximum atomic E-state index is 8.89. The van der Waals surface area contributed by atoms with Crippen LogP contribution in [0, 0.1) is 41.5 Å². The molecule has 0 fully saturated rings. The number of ether oxygens (including phenoxy) is 2. The van der Waals surface area contributed by atoms with E-state index in [1.54, 1.807) is 14.2 Å². The lowest BCUT2D eigenvalue weighted by Crippen LogP contribution is -2.32. The van der Waals surface area contributed by atoms with Crippen LogP contribution in [0.1, 0.15) is 58.4 Å². The van der Waals surface area contributed by atoms with E-state index >= 15 is 0 Å². The number of hydrogen-bond donors (Lipinski definition) is 0. The first-order chi connectivity index (χ1) is 33.5. The van der Waals surface area contributed by atoms with Gasteiger partial charge in [-0.15, -0.1) is 0 Å². The number of methoxy groups -OCH3 is 2. The van der Waals surface area contributed by atoms with E-state index in [9.17, 15) is 0 Å². The zero-order chi connectivity index (χ0) is 50.8. The van der Waals surface area contributed by atoms with Crippen molar-refractivity contribution in [1.29, 1.82) is 0 Å². The topological polar surface area (TPSA) is 98.7 Å². The molecule has 0 radical (unpaired) electrons. The zero-order valence-corrected chi connectivity index (χ0v) is 44.0. The van der Waals surface area contributed by atoms with Crippen LogP contribution in [0.5, 0.6) is 11.5 Å². The largest absolute Gasteiger partial charge is 0.550 e. The Morgan fingerprint density at radius 3 is 0.714 bits per heavy atom. The fourth-order valence-corrected chi connectivity index (χ4v) is 16.6. The van der Waals surface area contributed by atoms with Gasteiger partial charge in [0.15, 0.2) is 0 Å². The van der Waals surface area contributed by atoms with Gasteiger partial charge in [-0.2, -0.15) is 0 Å². The van der Waals surface area contributed by atoms with Crippen LogP contribution >= 0.6 is 14.5 Å². The summed E-state index contributed by atoms with van der Waals surface area (Å²) in [6, 6.07) is 72.1. The highest BCUT2D eigenvalue weighted by Crippen LogP contribution is 2.59. The summed E-state index contributed by atoms with van der Waals surface area (Å²) in [4.78, 5) is 17.8. The number of hydrogen-bond acceptors (Lipinski definition) is 6. The first kappa shape index (κ1) is 54.1. The van der Waals surface area contributed by atoms with E-state index in [0.717, 1.165) is 37.7 Å². The Hall–Kier alpha value is -6.84. The van der Waals surface area contributed by atoms with Crippen molar-refractivity contribution in [2.45, 2.75) is 67.7 Å². The quantitative estimate of drug-likeness (QED) is 0.113. The van der Waals surface area contributed by atoms with Gasteiger partial charge in [0.25, 0.3) is 0 Å². The molecule has 0 heterocycles. The molecular weight excluding hydrogens is 903 g/mol. The lowest BCUT2D eigenvalue weighted by Gasteiger charge is -2.28. The van der Waals surface area contributed by atoms with E-state index < -0.39 is 26.5 Å². The highest BCUT2D eigenvalue weighted by atomic mass is 31.2. The molecular formula is C62H66O6P2. The third-order valence-corrected chi connectivity index (χ3v) is 20.7. The maximum absolute atomic E-state index is 8.89. The van der Waals surface area contributed by atoms with Crippen molar-refractivity contribution in [2.75, 3.05) is 14.2 Å². The predicted octanol–water partition coefficient (Wildman–Crippen LogP) is 9.74. The van der Waals surface area contributed by atoms with E-state index in [1.807, 2.05) is 12.1 Å². The van der Waals surface area contributed by atoms with Gasteiger partial charge in [0.05, 0.1) is 26.5 Å². The monoisotopic (exact) mass is 968 g/mol. The molecule has 0 aliphatic carbocycles. The van der Waals surface area contributed by atoms with Crippen molar-refractivity contribution in [3.8, 4) is 11.5 Å². The molecule has 0 aromatic heterocycles. The van der Waals surface area contributed by atoms with E-state index in [1.165, 1.54) is 76.3 Å². The minimum Gasteiger partial charge on any atom is -0.550 e. The number of carboxylic acid groups (broad SMARTS) is 2. The normalized spacial score (nSPS) is 10.8. The van der Waals surface area contributed by atoms with Crippen LogP contribution in [0.2, 0.25) is 0 Å². The van der Waals surface area contributed by atoms with Crippen LogP contribution in [0.15, 0.2) is 194 Å². The Bertz CT molecular complexity index is 2460. The summed E-state index contributed by atoms with van der Waals surface area (Å²) < 4.78 is 11.1. The average Bonchev–Trinajstić information content (AvgIpc) is 3.34. The number of carboxylic acids is 2. The summed E-state index contributed by atoms with van der Waals surface area (Å²) >= 11 is 0. The van der Waals surface area contributed by atoms with Gasteiger partial charge in [0.1, 0.15) is 57.9 Å². The summed E-state index contributed by atoms with van der Waals surface area (Å²) in [5.74, 6) is -0.348. The fraction of sp³-hybridized carbons (Fsp3) is 0.194. The van der Waals surface area contributed by atoms with Gasteiger partial charge >= 0.3 is 0 Å². The Labute approximate surface area is 417 Å². The third-order valence-electron chi connectivity index (χ3n) is 12.0.